The van der Waals surface area contributed by atoms with Crippen molar-refractivity contribution < 1.29 is 8.42 Å². The number of nitrogen functional groups attached to an aromatic ring is 1. The zero-order valence-electron chi connectivity index (χ0n) is 9.77. The highest BCUT2D eigenvalue weighted by atomic mass is 32.2. The second-order valence-electron chi connectivity index (χ2n) is 3.52. The van der Waals surface area contributed by atoms with Crippen molar-refractivity contribution >= 4 is 15.8 Å². The first kappa shape index (κ1) is 13.0. The number of anilines is 1. The molecule has 7 heteroatoms. The molecule has 16 heavy (non-hydrogen) atoms. The molecule has 0 atom stereocenters. The van der Waals surface area contributed by atoms with E-state index in [1.54, 1.807) is 4.68 Å². The Balaban J connectivity index is 3.20. The number of nitrogens with two attached hydrogens (primary N) is 1. The Morgan fingerprint density at radius 2 is 2.06 bits per heavy atom. The summed E-state index contributed by atoms with van der Waals surface area (Å²) >= 11 is 0. The van der Waals surface area contributed by atoms with Gasteiger partial charge in [0.2, 0.25) is 10.0 Å². The van der Waals surface area contributed by atoms with Crippen LogP contribution in [0.1, 0.15) is 32.7 Å². The molecule has 1 heterocycles. The van der Waals surface area contributed by atoms with Crippen molar-refractivity contribution in [2.24, 2.45) is 0 Å². The van der Waals surface area contributed by atoms with Crippen LogP contribution >= 0.6 is 0 Å². The number of nitrogens with zero attached hydrogens (tertiary/aromatic N) is 2. The van der Waals surface area contributed by atoms with E-state index >= 15 is 0 Å². The molecule has 1 rings (SSSR count). The summed E-state index contributed by atoms with van der Waals surface area (Å²) in [6.45, 7) is 4.03. The summed E-state index contributed by atoms with van der Waals surface area (Å²) in [4.78, 5) is 0.0434. The summed E-state index contributed by atoms with van der Waals surface area (Å²) in [5.74, 6) is 0.197. The van der Waals surface area contributed by atoms with E-state index in [2.05, 4.69) is 9.82 Å². The molecule has 0 aromatic carbocycles. The van der Waals surface area contributed by atoms with Gasteiger partial charge >= 0.3 is 0 Å². The fraction of sp³-hybridized carbons (Fsp3) is 0.667. The van der Waals surface area contributed by atoms with Gasteiger partial charge in [0.1, 0.15) is 10.7 Å². The van der Waals surface area contributed by atoms with Gasteiger partial charge in [0.25, 0.3) is 0 Å². The fourth-order valence-corrected chi connectivity index (χ4v) is 2.37. The van der Waals surface area contributed by atoms with Gasteiger partial charge in [-0.3, -0.25) is 0 Å². The molecule has 0 unspecified atom stereocenters. The first-order chi connectivity index (χ1) is 7.47. The summed E-state index contributed by atoms with van der Waals surface area (Å²) < 4.78 is 27.0. The second kappa shape index (κ2) is 4.84. The summed E-state index contributed by atoms with van der Waals surface area (Å²) in [7, 11) is -2.17. The molecule has 3 N–H and O–H groups in total. The third-order valence-electron chi connectivity index (χ3n) is 2.65. The average Bonchev–Trinajstić information content (AvgIpc) is 2.64. The van der Waals surface area contributed by atoms with Gasteiger partial charge in [-0.1, -0.05) is 13.8 Å². The van der Waals surface area contributed by atoms with Crippen LogP contribution in [0.25, 0.3) is 0 Å². The molecule has 0 aliphatic carbocycles. The van der Waals surface area contributed by atoms with Gasteiger partial charge in [-0.05, 0) is 19.9 Å². The minimum absolute atomic E-state index is 0.0434. The SMILES string of the molecule is CCC(CC)n1ncc(S(=O)(=O)NC)c1N. The van der Waals surface area contributed by atoms with Crippen molar-refractivity contribution in [3.8, 4) is 0 Å². The Bertz CT molecular complexity index is 448. The van der Waals surface area contributed by atoms with Gasteiger partial charge in [-0.25, -0.2) is 17.8 Å². The molecule has 0 bridgehead atoms. The van der Waals surface area contributed by atoms with E-state index in [-0.39, 0.29) is 16.8 Å². The highest BCUT2D eigenvalue weighted by Crippen LogP contribution is 2.24. The van der Waals surface area contributed by atoms with Gasteiger partial charge in [0.05, 0.1) is 12.2 Å². The molecule has 0 saturated heterocycles. The quantitative estimate of drug-likeness (QED) is 0.801. The van der Waals surface area contributed by atoms with Crippen molar-refractivity contribution in [2.75, 3.05) is 12.8 Å². The molecule has 0 aliphatic rings. The molecule has 1 aromatic rings. The molecule has 0 spiro atoms. The summed E-state index contributed by atoms with van der Waals surface area (Å²) in [5, 5.41) is 4.04. The minimum atomic E-state index is -3.52. The highest BCUT2D eigenvalue weighted by molar-refractivity contribution is 7.89. The van der Waals surface area contributed by atoms with E-state index in [1.807, 2.05) is 13.8 Å². The van der Waals surface area contributed by atoms with Crippen LogP contribution in [0.4, 0.5) is 5.82 Å². The summed E-state index contributed by atoms with van der Waals surface area (Å²) in [6, 6.07) is 0.140. The second-order valence-corrected chi connectivity index (χ2v) is 5.37. The van der Waals surface area contributed by atoms with Crippen LogP contribution in [-0.4, -0.2) is 25.2 Å². The maximum absolute atomic E-state index is 11.6. The van der Waals surface area contributed by atoms with Crippen molar-refractivity contribution in [2.45, 2.75) is 37.6 Å². The lowest BCUT2D eigenvalue weighted by Crippen LogP contribution is -2.20. The average molecular weight is 246 g/mol. The number of rotatable bonds is 5. The molecule has 0 aliphatic heterocycles. The first-order valence-corrected chi connectivity index (χ1v) is 6.72. The van der Waals surface area contributed by atoms with Crippen molar-refractivity contribution in [3.05, 3.63) is 6.20 Å². The van der Waals surface area contributed by atoms with E-state index < -0.39 is 10.0 Å². The monoisotopic (exact) mass is 246 g/mol. The van der Waals surface area contributed by atoms with E-state index in [1.165, 1.54) is 13.2 Å². The van der Waals surface area contributed by atoms with Gasteiger partial charge in [0.15, 0.2) is 0 Å². The van der Waals surface area contributed by atoms with E-state index in [9.17, 15) is 8.42 Å². The lowest BCUT2D eigenvalue weighted by molar-refractivity contribution is 0.434. The van der Waals surface area contributed by atoms with Crippen LogP contribution in [0, 0.1) is 0 Å². The number of nitrogens with one attached hydrogen (secondary N) is 1. The Morgan fingerprint density at radius 3 is 2.50 bits per heavy atom. The molecule has 6 nitrogen and oxygen atoms in total. The molecule has 1 aromatic heterocycles. The highest BCUT2D eigenvalue weighted by Gasteiger charge is 2.22. The van der Waals surface area contributed by atoms with Crippen LogP contribution in [0.5, 0.6) is 0 Å². The zero-order chi connectivity index (χ0) is 12.3. The maximum Gasteiger partial charge on any atom is 0.245 e. The smallest absolute Gasteiger partial charge is 0.245 e. The lowest BCUT2D eigenvalue weighted by atomic mass is 10.2. The first-order valence-electron chi connectivity index (χ1n) is 5.24. The van der Waals surface area contributed by atoms with Gasteiger partial charge in [0, 0.05) is 0 Å². The van der Waals surface area contributed by atoms with E-state index in [0.717, 1.165) is 12.8 Å². The van der Waals surface area contributed by atoms with Crippen molar-refractivity contribution in [1.29, 1.82) is 0 Å². The van der Waals surface area contributed by atoms with Crippen LogP contribution in [0.15, 0.2) is 11.1 Å². The molecular formula is C9H18N4O2S. The molecule has 0 amide bonds. The number of sulfonamides is 1. The largest absolute Gasteiger partial charge is 0.383 e. The molecular weight excluding hydrogens is 228 g/mol. The van der Waals surface area contributed by atoms with Crippen LogP contribution in [0.3, 0.4) is 0 Å². The molecule has 0 fully saturated rings. The predicted molar refractivity (Wildman–Crippen MR) is 62.5 cm³/mol. The normalized spacial score (nSPS) is 12.2. The van der Waals surface area contributed by atoms with Crippen LogP contribution in [0.2, 0.25) is 0 Å². The van der Waals surface area contributed by atoms with Crippen LogP contribution < -0.4 is 10.5 Å². The fourth-order valence-electron chi connectivity index (χ4n) is 1.60. The lowest BCUT2D eigenvalue weighted by Gasteiger charge is -2.14. The van der Waals surface area contributed by atoms with Crippen molar-refractivity contribution in [3.63, 3.8) is 0 Å². The van der Waals surface area contributed by atoms with Gasteiger partial charge in [-0.15, -0.1) is 0 Å². The number of aromatic nitrogens is 2. The van der Waals surface area contributed by atoms with Gasteiger partial charge in [-0.2, -0.15) is 5.10 Å². The molecule has 92 valence electrons. The van der Waals surface area contributed by atoms with Crippen molar-refractivity contribution in [1.82, 2.24) is 14.5 Å². The third-order valence-corrected chi connectivity index (χ3v) is 4.08. The Morgan fingerprint density at radius 1 is 1.50 bits per heavy atom. The minimum Gasteiger partial charge on any atom is -0.383 e. The van der Waals surface area contributed by atoms with E-state index in [4.69, 9.17) is 5.73 Å². The number of hydrogen-bond donors (Lipinski definition) is 2. The van der Waals surface area contributed by atoms with E-state index in [0.29, 0.717) is 0 Å². The third kappa shape index (κ3) is 2.19. The zero-order valence-corrected chi connectivity index (χ0v) is 10.6. The topological polar surface area (TPSA) is 90.0 Å². The standard InChI is InChI=1S/C9H18N4O2S/c1-4-7(5-2)13-9(10)8(6-12-13)16(14,15)11-3/h6-7,11H,4-5,10H2,1-3H3. The number of hydrogen-bond acceptors (Lipinski definition) is 4. The summed E-state index contributed by atoms with van der Waals surface area (Å²) in [6.07, 6.45) is 3.02. The molecule has 0 saturated carbocycles. The Labute approximate surface area is 95.9 Å². The maximum atomic E-state index is 11.6. The van der Waals surface area contributed by atoms with Gasteiger partial charge < -0.3 is 5.73 Å². The summed E-state index contributed by atoms with van der Waals surface area (Å²) in [5.41, 5.74) is 5.80. The Hall–Kier alpha value is -1.08. The Kier molecular flexibility index (Phi) is 3.93. The van der Waals surface area contributed by atoms with Crippen LogP contribution in [-0.2, 0) is 10.0 Å². The molecule has 0 radical (unpaired) electrons. The predicted octanol–water partition coefficient (Wildman–Crippen LogP) is 0.735.